The summed E-state index contributed by atoms with van der Waals surface area (Å²) < 4.78 is 6.10. The highest BCUT2D eigenvalue weighted by molar-refractivity contribution is 7.99. The Balaban J connectivity index is 1.54. The molecule has 0 aliphatic rings. The van der Waals surface area contributed by atoms with Gasteiger partial charge >= 0.3 is 5.97 Å². The molecule has 4 aromatic rings. The topological polar surface area (TPSA) is 143 Å². The number of hydrogen-bond acceptors (Lipinski definition) is 8. The van der Waals surface area contributed by atoms with E-state index in [2.05, 4.69) is 30.5 Å². The Morgan fingerprint density at radius 2 is 1.97 bits per heavy atom. The number of anilines is 1. The van der Waals surface area contributed by atoms with Gasteiger partial charge in [-0.15, -0.1) is 0 Å². The summed E-state index contributed by atoms with van der Waals surface area (Å²) in [5, 5.41) is 19.2. The van der Waals surface area contributed by atoms with Gasteiger partial charge in [0.05, 0.1) is 11.7 Å². The number of rotatable bonds is 9. The monoisotopic (exact) mass is 476 g/mol. The van der Waals surface area contributed by atoms with Gasteiger partial charge in [0.1, 0.15) is 28.6 Å². The van der Waals surface area contributed by atoms with Crippen LogP contribution in [0.4, 0.5) is 5.82 Å². The second-order valence-corrected chi connectivity index (χ2v) is 8.24. The summed E-state index contributed by atoms with van der Waals surface area (Å²) in [6.45, 7) is 1.95. The van der Waals surface area contributed by atoms with E-state index in [1.54, 1.807) is 12.1 Å². The maximum Gasteiger partial charge on any atom is 0.337 e. The number of carbonyl (C=O) groups excluding carboxylic acids is 1. The van der Waals surface area contributed by atoms with Gasteiger partial charge in [0.15, 0.2) is 5.16 Å². The second kappa shape index (κ2) is 10.6. The summed E-state index contributed by atoms with van der Waals surface area (Å²) in [6.07, 6.45) is 3.08. The van der Waals surface area contributed by atoms with Crippen molar-refractivity contribution in [2.75, 3.05) is 5.32 Å². The molecule has 1 atom stereocenters. The summed E-state index contributed by atoms with van der Waals surface area (Å²) in [4.78, 5) is 36.3. The van der Waals surface area contributed by atoms with E-state index in [0.717, 1.165) is 5.56 Å². The van der Waals surface area contributed by atoms with Gasteiger partial charge in [-0.05, 0) is 36.4 Å². The number of nitrogens with one attached hydrogen (secondary N) is 2. The first kappa shape index (κ1) is 22.9. The summed E-state index contributed by atoms with van der Waals surface area (Å²) in [6, 6.07) is 16.0. The summed E-state index contributed by atoms with van der Waals surface area (Å²) in [7, 11) is 0. The molecule has 0 bridgehead atoms. The first-order valence-corrected chi connectivity index (χ1v) is 11.0. The van der Waals surface area contributed by atoms with Crippen LogP contribution in [-0.4, -0.2) is 48.2 Å². The number of pyridine rings is 2. The summed E-state index contributed by atoms with van der Waals surface area (Å²) in [5.74, 6) is -0.948. The Labute approximate surface area is 198 Å². The molecule has 172 valence electrons. The van der Waals surface area contributed by atoms with E-state index in [4.69, 9.17) is 9.84 Å². The van der Waals surface area contributed by atoms with Crippen LogP contribution in [0.15, 0.2) is 77.3 Å². The lowest BCUT2D eigenvalue weighted by atomic mass is 10.1. The standard InChI is InChI=1S/C23H20N6O4S/c1-14(9-15-5-3-2-4-6-15)33-17-10-18(27-20(11-17)34-23-25-13-26-29-23)21(30)28-19-8-7-16(12-24-19)22(31)32/h2-8,10-14H,9H2,1H3,(H,31,32)(H,24,28,30)(H,25,26,29)/t14-/m0/s1. The Morgan fingerprint density at radius 3 is 2.65 bits per heavy atom. The summed E-state index contributed by atoms with van der Waals surface area (Å²) in [5.41, 5.74) is 1.26. The number of carboxylic acids is 1. The van der Waals surface area contributed by atoms with Crippen molar-refractivity contribution in [2.45, 2.75) is 29.6 Å². The molecular formula is C23H20N6O4S. The number of ether oxygens (including phenoxy) is 1. The van der Waals surface area contributed by atoms with Gasteiger partial charge in [0.2, 0.25) is 0 Å². The third-order valence-corrected chi connectivity index (χ3v) is 5.37. The third kappa shape index (κ3) is 6.17. The fourth-order valence-corrected chi connectivity index (χ4v) is 3.77. The SMILES string of the molecule is C[C@@H](Cc1ccccc1)Oc1cc(Sc2ncn[nH]2)nc(C(=O)Nc2ccc(C(=O)O)cn2)c1. The van der Waals surface area contributed by atoms with E-state index in [0.29, 0.717) is 22.4 Å². The summed E-state index contributed by atoms with van der Waals surface area (Å²) >= 11 is 1.20. The molecular weight excluding hydrogens is 456 g/mol. The molecule has 3 aromatic heterocycles. The minimum absolute atomic E-state index is 0.0182. The molecule has 3 N–H and O–H groups in total. The van der Waals surface area contributed by atoms with E-state index in [9.17, 15) is 9.59 Å². The van der Waals surface area contributed by atoms with Gasteiger partial charge < -0.3 is 15.2 Å². The van der Waals surface area contributed by atoms with Crippen molar-refractivity contribution in [2.24, 2.45) is 0 Å². The molecule has 0 spiro atoms. The number of nitrogens with zero attached hydrogens (tertiary/aromatic N) is 4. The van der Waals surface area contributed by atoms with Crippen LogP contribution in [0.1, 0.15) is 33.3 Å². The quantitative estimate of drug-likeness (QED) is 0.329. The minimum Gasteiger partial charge on any atom is -0.490 e. The fraction of sp³-hybridized carbons (Fsp3) is 0.130. The predicted octanol–water partition coefficient (Wildman–Crippen LogP) is 3.71. The Morgan fingerprint density at radius 1 is 1.15 bits per heavy atom. The van der Waals surface area contributed by atoms with Crippen LogP contribution in [0.3, 0.4) is 0 Å². The van der Waals surface area contributed by atoms with Crippen LogP contribution in [0, 0.1) is 0 Å². The van der Waals surface area contributed by atoms with Crippen molar-refractivity contribution in [3.8, 4) is 5.75 Å². The number of aromatic amines is 1. The highest BCUT2D eigenvalue weighted by Gasteiger charge is 2.16. The van der Waals surface area contributed by atoms with Crippen molar-refractivity contribution in [3.05, 3.63) is 83.9 Å². The number of aromatic carboxylic acids is 1. The van der Waals surface area contributed by atoms with E-state index in [1.165, 1.54) is 36.4 Å². The van der Waals surface area contributed by atoms with Gasteiger partial charge in [0.25, 0.3) is 5.91 Å². The first-order valence-electron chi connectivity index (χ1n) is 10.2. The fourth-order valence-electron chi connectivity index (χ4n) is 3.06. The van der Waals surface area contributed by atoms with Gasteiger partial charge in [-0.3, -0.25) is 9.89 Å². The number of H-pyrrole nitrogens is 1. The lowest BCUT2D eigenvalue weighted by molar-refractivity contribution is 0.0696. The largest absolute Gasteiger partial charge is 0.490 e. The molecule has 3 heterocycles. The molecule has 34 heavy (non-hydrogen) atoms. The number of hydrogen-bond donors (Lipinski definition) is 3. The van der Waals surface area contributed by atoms with Crippen LogP contribution < -0.4 is 10.1 Å². The smallest absolute Gasteiger partial charge is 0.337 e. The van der Waals surface area contributed by atoms with Gasteiger partial charge in [0, 0.05) is 24.8 Å². The minimum atomic E-state index is -1.10. The third-order valence-electron chi connectivity index (χ3n) is 4.56. The molecule has 1 aromatic carbocycles. The number of carboxylic acid groups (broad SMARTS) is 1. The van der Waals surface area contributed by atoms with E-state index < -0.39 is 11.9 Å². The Hall–Kier alpha value is -4.25. The number of carbonyl (C=O) groups is 2. The van der Waals surface area contributed by atoms with Crippen molar-refractivity contribution in [3.63, 3.8) is 0 Å². The van der Waals surface area contributed by atoms with E-state index in [-0.39, 0.29) is 23.2 Å². The maximum absolute atomic E-state index is 12.9. The maximum atomic E-state index is 12.9. The highest BCUT2D eigenvalue weighted by Crippen LogP contribution is 2.27. The lowest BCUT2D eigenvalue weighted by Gasteiger charge is -2.16. The van der Waals surface area contributed by atoms with Crippen LogP contribution in [0.25, 0.3) is 0 Å². The van der Waals surface area contributed by atoms with Gasteiger partial charge in [-0.2, -0.15) is 5.10 Å². The van der Waals surface area contributed by atoms with Crippen LogP contribution in [-0.2, 0) is 6.42 Å². The van der Waals surface area contributed by atoms with Gasteiger partial charge in [-0.25, -0.2) is 19.7 Å². The van der Waals surface area contributed by atoms with Crippen LogP contribution in [0.5, 0.6) is 5.75 Å². The lowest BCUT2D eigenvalue weighted by Crippen LogP contribution is -2.18. The zero-order valence-electron chi connectivity index (χ0n) is 18.0. The molecule has 0 aliphatic heterocycles. The van der Waals surface area contributed by atoms with Crippen molar-refractivity contribution >= 4 is 29.5 Å². The molecule has 10 nitrogen and oxygen atoms in total. The number of amides is 1. The molecule has 0 radical (unpaired) electrons. The second-order valence-electron chi connectivity index (χ2n) is 7.23. The van der Waals surface area contributed by atoms with Crippen LogP contribution >= 0.6 is 11.8 Å². The number of benzene rings is 1. The zero-order chi connectivity index (χ0) is 23.9. The van der Waals surface area contributed by atoms with Crippen molar-refractivity contribution < 1.29 is 19.4 Å². The molecule has 0 fully saturated rings. The average molecular weight is 477 g/mol. The Bertz CT molecular complexity index is 1270. The van der Waals surface area contributed by atoms with E-state index in [1.807, 2.05) is 37.3 Å². The van der Waals surface area contributed by atoms with Gasteiger partial charge in [-0.1, -0.05) is 30.3 Å². The predicted molar refractivity (Wildman–Crippen MR) is 124 cm³/mol. The first-order chi connectivity index (χ1) is 16.5. The Kier molecular flexibility index (Phi) is 7.13. The highest BCUT2D eigenvalue weighted by atomic mass is 32.2. The van der Waals surface area contributed by atoms with Crippen molar-refractivity contribution in [1.29, 1.82) is 0 Å². The molecule has 0 aliphatic carbocycles. The zero-order valence-corrected chi connectivity index (χ0v) is 18.8. The molecule has 0 saturated heterocycles. The normalized spacial score (nSPS) is 11.6. The van der Waals surface area contributed by atoms with Crippen LogP contribution in [0.2, 0.25) is 0 Å². The molecule has 0 saturated carbocycles. The average Bonchev–Trinajstić information content (AvgIpc) is 3.33. The van der Waals surface area contributed by atoms with Crippen molar-refractivity contribution in [1.82, 2.24) is 25.1 Å². The number of aromatic nitrogens is 5. The molecule has 0 unspecified atom stereocenters. The molecule has 11 heteroatoms. The van der Waals surface area contributed by atoms with E-state index >= 15 is 0 Å². The molecule has 1 amide bonds. The molecule has 4 rings (SSSR count).